The SMILES string of the molecule is Cc1nc(/C=C/C(=O)Nc2cccc(C(F)(F)F)c2)cs1. The average molecular weight is 312 g/mol. The van der Waals surface area contributed by atoms with Crippen molar-refractivity contribution in [1.29, 1.82) is 0 Å². The van der Waals surface area contributed by atoms with E-state index in [1.54, 1.807) is 5.38 Å². The van der Waals surface area contributed by atoms with Gasteiger partial charge in [-0.15, -0.1) is 11.3 Å². The van der Waals surface area contributed by atoms with Gasteiger partial charge in [-0.2, -0.15) is 13.2 Å². The van der Waals surface area contributed by atoms with E-state index < -0.39 is 17.6 Å². The Hall–Kier alpha value is -2.15. The number of aromatic nitrogens is 1. The van der Waals surface area contributed by atoms with Gasteiger partial charge in [0, 0.05) is 17.1 Å². The van der Waals surface area contributed by atoms with Crippen LogP contribution in [-0.2, 0) is 11.0 Å². The lowest BCUT2D eigenvalue weighted by atomic mass is 10.2. The monoisotopic (exact) mass is 312 g/mol. The van der Waals surface area contributed by atoms with Crippen molar-refractivity contribution in [2.75, 3.05) is 5.32 Å². The van der Waals surface area contributed by atoms with Crippen LogP contribution in [0.1, 0.15) is 16.3 Å². The summed E-state index contributed by atoms with van der Waals surface area (Å²) in [5, 5.41) is 5.03. The number of rotatable bonds is 3. The van der Waals surface area contributed by atoms with Crippen molar-refractivity contribution >= 4 is 29.0 Å². The summed E-state index contributed by atoms with van der Waals surface area (Å²) in [6, 6.07) is 4.47. The number of amides is 1. The molecule has 1 aromatic heterocycles. The first-order valence-corrected chi connectivity index (χ1v) is 6.81. The highest BCUT2D eigenvalue weighted by atomic mass is 32.1. The largest absolute Gasteiger partial charge is 0.416 e. The standard InChI is InChI=1S/C14H11F3N2OS/c1-9-18-12(8-21-9)5-6-13(20)19-11-4-2-3-10(7-11)14(15,16)17/h2-8H,1H3,(H,19,20)/b6-5+. The predicted octanol–water partition coefficient (Wildman–Crippen LogP) is 4.12. The predicted molar refractivity (Wildman–Crippen MR) is 76.0 cm³/mol. The summed E-state index contributed by atoms with van der Waals surface area (Å²) in [7, 11) is 0. The van der Waals surface area contributed by atoms with E-state index in [1.165, 1.54) is 35.6 Å². The molecule has 2 aromatic rings. The molecule has 21 heavy (non-hydrogen) atoms. The topological polar surface area (TPSA) is 42.0 Å². The van der Waals surface area contributed by atoms with Gasteiger partial charge in [-0.3, -0.25) is 4.79 Å². The fraction of sp³-hybridized carbons (Fsp3) is 0.143. The summed E-state index contributed by atoms with van der Waals surface area (Å²) in [4.78, 5) is 15.8. The average Bonchev–Trinajstić information content (AvgIpc) is 2.82. The summed E-state index contributed by atoms with van der Waals surface area (Å²) < 4.78 is 37.6. The third-order valence-electron chi connectivity index (χ3n) is 2.50. The van der Waals surface area contributed by atoms with E-state index >= 15 is 0 Å². The number of nitrogens with one attached hydrogen (secondary N) is 1. The zero-order chi connectivity index (χ0) is 15.5. The number of thiazole rings is 1. The van der Waals surface area contributed by atoms with Gasteiger partial charge in [-0.25, -0.2) is 4.98 Å². The van der Waals surface area contributed by atoms with Gasteiger partial charge in [0.05, 0.1) is 16.3 Å². The van der Waals surface area contributed by atoms with Crippen LogP contribution < -0.4 is 5.32 Å². The normalized spacial score (nSPS) is 11.8. The molecular weight excluding hydrogens is 301 g/mol. The van der Waals surface area contributed by atoms with Gasteiger partial charge in [0.2, 0.25) is 5.91 Å². The van der Waals surface area contributed by atoms with E-state index in [-0.39, 0.29) is 5.69 Å². The van der Waals surface area contributed by atoms with Gasteiger partial charge < -0.3 is 5.32 Å². The Morgan fingerprint density at radius 3 is 2.76 bits per heavy atom. The number of hydrogen-bond donors (Lipinski definition) is 1. The van der Waals surface area contributed by atoms with Gasteiger partial charge in [0.15, 0.2) is 0 Å². The van der Waals surface area contributed by atoms with Crippen LogP contribution >= 0.6 is 11.3 Å². The Bertz CT molecular complexity index is 677. The molecule has 0 fully saturated rings. The third kappa shape index (κ3) is 4.42. The molecule has 0 saturated carbocycles. The lowest BCUT2D eigenvalue weighted by molar-refractivity contribution is -0.137. The molecule has 0 spiro atoms. The number of anilines is 1. The van der Waals surface area contributed by atoms with Crippen LogP contribution in [0.5, 0.6) is 0 Å². The second kappa shape index (κ2) is 6.09. The molecule has 1 aromatic carbocycles. The number of carbonyl (C=O) groups is 1. The maximum atomic E-state index is 12.5. The zero-order valence-corrected chi connectivity index (χ0v) is 11.8. The molecule has 2 rings (SSSR count). The van der Waals surface area contributed by atoms with Crippen molar-refractivity contribution in [2.45, 2.75) is 13.1 Å². The number of halogens is 3. The van der Waals surface area contributed by atoms with Crippen LogP contribution in [0.15, 0.2) is 35.7 Å². The van der Waals surface area contributed by atoms with Crippen molar-refractivity contribution in [3.63, 3.8) is 0 Å². The first-order chi connectivity index (χ1) is 9.84. The summed E-state index contributed by atoms with van der Waals surface area (Å²) in [6.07, 6.45) is -1.70. The van der Waals surface area contributed by atoms with Gasteiger partial charge in [-0.1, -0.05) is 6.07 Å². The Balaban J connectivity index is 2.04. The smallest absolute Gasteiger partial charge is 0.322 e. The van der Waals surface area contributed by atoms with Crippen molar-refractivity contribution in [1.82, 2.24) is 4.98 Å². The van der Waals surface area contributed by atoms with E-state index in [2.05, 4.69) is 10.3 Å². The second-order valence-corrected chi connectivity index (χ2v) is 5.25. The van der Waals surface area contributed by atoms with Gasteiger partial charge in [0.25, 0.3) is 0 Å². The van der Waals surface area contributed by atoms with Crippen molar-refractivity contribution in [3.8, 4) is 0 Å². The molecule has 110 valence electrons. The quantitative estimate of drug-likeness (QED) is 0.866. The van der Waals surface area contributed by atoms with Gasteiger partial charge >= 0.3 is 6.18 Å². The van der Waals surface area contributed by atoms with Crippen LogP contribution in [0.25, 0.3) is 6.08 Å². The fourth-order valence-corrected chi connectivity index (χ4v) is 2.16. The Morgan fingerprint density at radius 2 is 2.14 bits per heavy atom. The van der Waals surface area contributed by atoms with Crippen molar-refractivity contribution in [2.24, 2.45) is 0 Å². The number of nitrogens with zero attached hydrogens (tertiary/aromatic N) is 1. The molecular formula is C14H11F3N2OS. The maximum Gasteiger partial charge on any atom is 0.416 e. The Kier molecular flexibility index (Phi) is 4.42. The van der Waals surface area contributed by atoms with Crippen LogP contribution in [0, 0.1) is 6.92 Å². The molecule has 0 atom stereocenters. The van der Waals surface area contributed by atoms with E-state index in [4.69, 9.17) is 0 Å². The number of benzene rings is 1. The van der Waals surface area contributed by atoms with Crippen molar-refractivity contribution < 1.29 is 18.0 Å². The van der Waals surface area contributed by atoms with Crippen LogP contribution in [0.4, 0.5) is 18.9 Å². The van der Waals surface area contributed by atoms with Crippen LogP contribution in [0.2, 0.25) is 0 Å². The summed E-state index contributed by atoms with van der Waals surface area (Å²) in [5.74, 6) is -0.514. The first-order valence-electron chi connectivity index (χ1n) is 5.93. The maximum absolute atomic E-state index is 12.5. The highest BCUT2D eigenvalue weighted by molar-refractivity contribution is 7.09. The van der Waals surface area contributed by atoms with E-state index in [0.717, 1.165) is 17.1 Å². The molecule has 3 nitrogen and oxygen atoms in total. The van der Waals surface area contributed by atoms with E-state index in [1.807, 2.05) is 6.92 Å². The lowest BCUT2D eigenvalue weighted by Gasteiger charge is -2.08. The molecule has 1 N–H and O–H groups in total. The van der Waals surface area contributed by atoms with E-state index in [9.17, 15) is 18.0 Å². The molecule has 1 heterocycles. The fourth-order valence-electron chi connectivity index (χ4n) is 1.57. The van der Waals surface area contributed by atoms with Crippen LogP contribution in [-0.4, -0.2) is 10.9 Å². The zero-order valence-electron chi connectivity index (χ0n) is 10.9. The van der Waals surface area contributed by atoms with Crippen LogP contribution in [0.3, 0.4) is 0 Å². The number of carbonyl (C=O) groups excluding carboxylic acids is 1. The minimum absolute atomic E-state index is 0.0916. The molecule has 0 saturated heterocycles. The van der Waals surface area contributed by atoms with Gasteiger partial charge in [-0.05, 0) is 31.2 Å². The summed E-state index contributed by atoms with van der Waals surface area (Å²) in [5.41, 5.74) is -0.0787. The highest BCUT2D eigenvalue weighted by Gasteiger charge is 2.30. The minimum atomic E-state index is -4.44. The Morgan fingerprint density at radius 1 is 1.38 bits per heavy atom. The molecule has 1 amide bonds. The number of hydrogen-bond acceptors (Lipinski definition) is 3. The highest BCUT2D eigenvalue weighted by Crippen LogP contribution is 2.30. The Labute approximate surface area is 123 Å². The summed E-state index contributed by atoms with van der Waals surface area (Å²) in [6.45, 7) is 1.84. The molecule has 0 radical (unpaired) electrons. The lowest BCUT2D eigenvalue weighted by Crippen LogP contribution is -2.10. The molecule has 0 aliphatic heterocycles. The third-order valence-corrected chi connectivity index (χ3v) is 3.29. The molecule has 7 heteroatoms. The second-order valence-electron chi connectivity index (χ2n) is 4.19. The van der Waals surface area contributed by atoms with Gasteiger partial charge in [0.1, 0.15) is 0 Å². The molecule has 0 bridgehead atoms. The van der Waals surface area contributed by atoms with E-state index in [0.29, 0.717) is 5.69 Å². The van der Waals surface area contributed by atoms with Crippen molar-refractivity contribution in [3.05, 3.63) is 52.0 Å². The first kappa shape index (κ1) is 15.2. The molecule has 0 aliphatic carbocycles. The molecule has 0 aliphatic rings. The minimum Gasteiger partial charge on any atom is -0.322 e. The summed E-state index contributed by atoms with van der Waals surface area (Å²) >= 11 is 1.45. The number of aryl methyl sites for hydroxylation is 1. The number of alkyl halides is 3. The molecule has 0 unspecified atom stereocenters.